The summed E-state index contributed by atoms with van der Waals surface area (Å²) >= 11 is 0. The van der Waals surface area contributed by atoms with Crippen molar-refractivity contribution in [2.45, 2.75) is 58.1 Å². The summed E-state index contributed by atoms with van der Waals surface area (Å²) in [5, 5.41) is 0. The Labute approximate surface area is 98.1 Å². The Morgan fingerprint density at radius 2 is 2.00 bits per heavy atom. The molecule has 1 saturated carbocycles. The van der Waals surface area contributed by atoms with Crippen molar-refractivity contribution in [3.8, 4) is 0 Å². The molecule has 2 aliphatic rings. The zero-order valence-electron chi connectivity index (χ0n) is 10.4. The molecule has 0 unspecified atom stereocenters. The molecule has 92 valence electrons. The molecule has 1 heterocycles. The van der Waals surface area contributed by atoms with E-state index in [1.807, 2.05) is 11.8 Å². The molecular formula is C13H23NO2. The van der Waals surface area contributed by atoms with Crippen molar-refractivity contribution in [2.75, 3.05) is 13.2 Å². The van der Waals surface area contributed by atoms with Crippen LogP contribution in [-0.2, 0) is 9.53 Å². The molecule has 0 aromatic heterocycles. The Morgan fingerprint density at radius 3 is 2.69 bits per heavy atom. The second kappa shape index (κ2) is 5.17. The summed E-state index contributed by atoms with van der Waals surface area (Å²) in [7, 11) is 0. The lowest BCUT2D eigenvalue weighted by Gasteiger charge is -2.37. The standard InChI is InChI=1S/C13H23NO2/c1-10-9-16-11(2)8-14(10)13(15)7-12-5-3-4-6-12/h10-12H,3-9H2,1-2H3/t10-,11+/m0/s1. The third-order valence-corrected chi connectivity index (χ3v) is 3.87. The molecule has 16 heavy (non-hydrogen) atoms. The lowest BCUT2D eigenvalue weighted by Crippen LogP contribution is -2.50. The number of carbonyl (C=O) groups is 1. The highest BCUT2D eigenvalue weighted by Gasteiger charge is 2.29. The van der Waals surface area contributed by atoms with Gasteiger partial charge in [0.25, 0.3) is 0 Å². The topological polar surface area (TPSA) is 29.5 Å². The zero-order chi connectivity index (χ0) is 11.5. The molecule has 2 rings (SSSR count). The Balaban J connectivity index is 1.86. The Morgan fingerprint density at radius 1 is 1.31 bits per heavy atom. The van der Waals surface area contributed by atoms with Gasteiger partial charge in [0, 0.05) is 13.0 Å². The molecular weight excluding hydrogens is 202 g/mol. The second-order valence-electron chi connectivity index (χ2n) is 5.39. The van der Waals surface area contributed by atoms with Crippen LogP contribution in [0.25, 0.3) is 0 Å². The third kappa shape index (κ3) is 2.76. The smallest absolute Gasteiger partial charge is 0.223 e. The minimum atomic E-state index is 0.198. The van der Waals surface area contributed by atoms with Crippen molar-refractivity contribution in [1.29, 1.82) is 0 Å². The van der Waals surface area contributed by atoms with Crippen LogP contribution < -0.4 is 0 Å². The molecule has 3 nitrogen and oxygen atoms in total. The van der Waals surface area contributed by atoms with E-state index >= 15 is 0 Å². The van der Waals surface area contributed by atoms with Crippen LogP contribution in [0.5, 0.6) is 0 Å². The Bertz CT molecular complexity index is 248. The van der Waals surface area contributed by atoms with Crippen LogP contribution in [0.3, 0.4) is 0 Å². The van der Waals surface area contributed by atoms with Crippen molar-refractivity contribution < 1.29 is 9.53 Å². The summed E-state index contributed by atoms with van der Waals surface area (Å²) < 4.78 is 5.55. The molecule has 1 aliphatic heterocycles. The predicted molar refractivity (Wildman–Crippen MR) is 63.2 cm³/mol. The van der Waals surface area contributed by atoms with Crippen LogP contribution in [0.4, 0.5) is 0 Å². The molecule has 0 radical (unpaired) electrons. The average molecular weight is 225 g/mol. The van der Waals surface area contributed by atoms with E-state index < -0.39 is 0 Å². The van der Waals surface area contributed by atoms with Gasteiger partial charge in [-0.3, -0.25) is 4.79 Å². The van der Waals surface area contributed by atoms with Gasteiger partial charge in [-0.1, -0.05) is 12.8 Å². The van der Waals surface area contributed by atoms with Gasteiger partial charge in [0.05, 0.1) is 18.8 Å². The van der Waals surface area contributed by atoms with Crippen molar-refractivity contribution >= 4 is 5.91 Å². The van der Waals surface area contributed by atoms with Gasteiger partial charge < -0.3 is 9.64 Å². The van der Waals surface area contributed by atoms with Crippen LogP contribution in [0, 0.1) is 5.92 Å². The Kier molecular flexibility index (Phi) is 3.85. The van der Waals surface area contributed by atoms with Crippen LogP contribution in [0.2, 0.25) is 0 Å². The number of ether oxygens (including phenoxy) is 1. The number of carbonyl (C=O) groups excluding carboxylic acids is 1. The van der Waals surface area contributed by atoms with E-state index in [4.69, 9.17) is 4.74 Å². The highest BCUT2D eigenvalue weighted by atomic mass is 16.5. The predicted octanol–water partition coefficient (Wildman–Crippen LogP) is 2.20. The van der Waals surface area contributed by atoms with E-state index in [1.165, 1.54) is 25.7 Å². The van der Waals surface area contributed by atoms with Crippen molar-refractivity contribution in [3.05, 3.63) is 0 Å². The van der Waals surface area contributed by atoms with Gasteiger partial charge in [-0.15, -0.1) is 0 Å². The van der Waals surface area contributed by atoms with E-state index in [9.17, 15) is 4.79 Å². The number of amides is 1. The molecule has 0 bridgehead atoms. The normalized spacial score (nSPS) is 32.0. The first-order valence-corrected chi connectivity index (χ1v) is 6.58. The first-order valence-electron chi connectivity index (χ1n) is 6.58. The van der Waals surface area contributed by atoms with Crippen molar-refractivity contribution in [1.82, 2.24) is 4.90 Å². The monoisotopic (exact) mass is 225 g/mol. The number of hydrogen-bond donors (Lipinski definition) is 0. The quantitative estimate of drug-likeness (QED) is 0.721. The van der Waals surface area contributed by atoms with Crippen LogP contribution >= 0.6 is 0 Å². The molecule has 0 N–H and O–H groups in total. The van der Waals surface area contributed by atoms with Crippen molar-refractivity contribution in [2.24, 2.45) is 5.92 Å². The van der Waals surface area contributed by atoms with Crippen LogP contribution in [-0.4, -0.2) is 36.1 Å². The van der Waals surface area contributed by atoms with Gasteiger partial charge in [0.2, 0.25) is 5.91 Å². The molecule has 3 heteroatoms. The van der Waals surface area contributed by atoms with E-state index in [0.29, 0.717) is 18.4 Å². The minimum absolute atomic E-state index is 0.198. The lowest BCUT2D eigenvalue weighted by atomic mass is 10.0. The number of hydrogen-bond acceptors (Lipinski definition) is 2. The van der Waals surface area contributed by atoms with E-state index in [2.05, 4.69) is 6.92 Å². The summed E-state index contributed by atoms with van der Waals surface area (Å²) in [4.78, 5) is 14.2. The SMILES string of the molecule is C[C@@H]1CN(C(=O)CC2CCCC2)[C@@H](C)CO1. The van der Waals surface area contributed by atoms with E-state index in [-0.39, 0.29) is 12.1 Å². The number of nitrogens with zero attached hydrogens (tertiary/aromatic N) is 1. The fraction of sp³-hybridized carbons (Fsp3) is 0.923. The van der Waals surface area contributed by atoms with Gasteiger partial charge in [-0.05, 0) is 32.6 Å². The summed E-state index contributed by atoms with van der Waals surface area (Å²) in [5.41, 5.74) is 0. The molecule has 0 spiro atoms. The molecule has 2 fully saturated rings. The average Bonchev–Trinajstić information content (AvgIpc) is 2.74. The van der Waals surface area contributed by atoms with Crippen LogP contribution in [0.1, 0.15) is 46.0 Å². The van der Waals surface area contributed by atoms with Crippen LogP contribution in [0.15, 0.2) is 0 Å². The lowest BCUT2D eigenvalue weighted by molar-refractivity contribution is -0.144. The van der Waals surface area contributed by atoms with E-state index in [1.54, 1.807) is 0 Å². The maximum Gasteiger partial charge on any atom is 0.223 e. The largest absolute Gasteiger partial charge is 0.375 e. The highest BCUT2D eigenvalue weighted by Crippen LogP contribution is 2.28. The highest BCUT2D eigenvalue weighted by molar-refractivity contribution is 5.77. The second-order valence-corrected chi connectivity index (χ2v) is 5.39. The number of rotatable bonds is 2. The fourth-order valence-electron chi connectivity index (χ4n) is 2.83. The molecule has 1 saturated heterocycles. The zero-order valence-corrected chi connectivity index (χ0v) is 10.4. The fourth-order valence-corrected chi connectivity index (χ4v) is 2.83. The van der Waals surface area contributed by atoms with Gasteiger partial charge in [0.1, 0.15) is 0 Å². The third-order valence-electron chi connectivity index (χ3n) is 3.87. The molecule has 2 atom stereocenters. The minimum Gasteiger partial charge on any atom is -0.375 e. The summed E-state index contributed by atoms with van der Waals surface area (Å²) in [6, 6.07) is 0.255. The molecule has 0 aromatic rings. The van der Waals surface area contributed by atoms with Gasteiger partial charge >= 0.3 is 0 Å². The first-order chi connectivity index (χ1) is 7.66. The first kappa shape index (κ1) is 11.9. The van der Waals surface area contributed by atoms with E-state index in [0.717, 1.165) is 13.0 Å². The maximum absolute atomic E-state index is 12.2. The summed E-state index contributed by atoms with van der Waals surface area (Å²) in [6.07, 6.45) is 6.08. The Hall–Kier alpha value is -0.570. The number of morpholine rings is 1. The summed E-state index contributed by atoms with van der Waals surface area (Å²) in [5.74, 6) is 0.993. The maximum atomic E-state index is 12.2. The van der Waals surface area contributed by atoms with Gasteiger partial charge in [-0.25, -0.2) is 0 Å². The summed E-state index contributed by atoms with van der Waals surface area (Å²) in [6.45, 7) is 5.59. The molecule has 1 amide bonds. The van der Waals surface area contributed by atoms with Gasteiger partial charge in [-0.2, -0.15) is 0 Å². The molecule has 0 aromatic carbocycles. The molecule has 1 aliphatic carbocycles. The van der Waals surface area contributed by atoms with Gasteiger partial charge in [0.15, 0.2) is 0 Å². The van der Waals surface area contributed by atoms with Crippen molar-refractivity contribution in [3.63, 3.8) is 0 Å².